The Balaban J connectivity index is 1.25. The highest BCUT2D eigenvalue weighted by Gasteiger charge is 2.55. The Hall–Kier alpha value is -3.08. The van der Waals surface area contributed by atoms with Crippen LogP contribution >= 0.6 is 11.6 Å². The van der Waals surface area contributed by atoms with E-state index < -0.39 is 0 Å². The molecule has 2 aliphatic carbocycles. The maximum Gasteiger partial charge on any atom is 0.245 e. The first-order valence-corrected chi connectivity index (χ1v) is 15.2. The van der Waals surface area contributed by atoms with E-state index >= 15 is 0 Å². The number of piperazine rings is 1. The summed E-state index contributed by atoms with van der Waals surface area (Å²) in [6.07, 6.45) is 6.80. The number of ether oxygens (including phenoxy) is 1. The summed E-state index contributed by atoms with van der Waals surface area (Å²) in [5.41, 5.74) is 15.6. The molecule has 1 aromatic carbocycles. The van der Waals surface area contributed by atoms with Crippen molar-refractivity contribution in [3.05, 3.63) is 29.3 Å². The van der Waals surface area contributed by atoms with Crippen molar-refractivity contribution in [2.75, 3.05) is 62.3 Å². The van der Waals surface area contributed by atoms with Crippen molar-refractivity contribution in [2.24, 2.45) is 5.41 Å². The number of rotatable bonds is 4. The lowest BCUT2D eigenvalue weighted by Gasteiger charge is -2.59. The van der Waals surface area contributed by atoms with Crippen LogP contribution in [0.1, 0.15) is 43.7 Å². The van der Waals surface area contributed by atoms with Gasteiger partial charge in [-0.1, -0.05) is 18.2 Å². The minimum absolute atomic E-state index is 0.00723. The number of nitrogens with two attached hydrogens (primary N) is 2. The van der Waals surface area contributed by atoms with Crippen LogP contribution in [0.2, 0.25) is 5.02 Å². The highest BCUT2D eigenvalue weighted by molar-refractivity contribution is 6.40. The quantitative estimate of drug-likeness (QED) is 0.358. The Morgan fingerprint density at radius 2 is 1.88 bits per heavy atom. The molecule has 41 heavy (non-hydrogen) atoms. The van der Waals surface area contributed by atoms with E-state index in [4.69, 9.17) is 37.9 Å². The molecule has 216 valence electrons. The third-order valence-corrected chi connectivity index (χ3v) is 11.1. The molecule has 5 aliphatic rings. The van der Waals surface area contributed by atoms with Gasteiger partial charge in [0.1, 0.15) is 5.82 Å². The zero-order chi connectivity index (χ0) is 28.3. The van der Waals surface area contributed by atoms with Crippen molar-refractivity contribution >= 4 is 56.6 Å². The van der Waals surface area contributed by atoms with Crippen LogP contribution in [0.25, 0.3) is 21.8 Å². The van der Waals surface area contributed by atoms with Gasteiger partial charge in [-0.05, 0) is 56.7 Å². The van der Waals surface area contributed by atoms with Gasteiger partial charge in [-0.2, -0.15) is 5.10 Å². The van der Waals surface area contributed by atoms with Crippen LogP contribution in [-0.2, 0) is 9.53 Å². The van der Waals surface area contributed by atoms with Gasteiger partial charge in [0.2, 0.25) is 5.91 Å². The predicted molar refractivity (Wildman–Crippen MR) is 161 cm³/mol. The first kappa shape index (κ1) is 25.6. The van der Waals surface area contributed by atoms with Gasteiger partial charge in [0.05, 0.1) is 41.2 Å². The molecule has 0 radical (unpaired) electrons. The number of hydrogen-bond acceptors (Lipinski definition) is 8. The molecule has 5 heterocycles. The lowest BCUT2D eigenvalue weighted by atomic mass is 9.60. The van der Waals surface area contributed by atoms with Crippen molar-refractivity contribution in [2.45, 2.75) is 56.7 Å². The number of likely N-dealkylation sites (tertiary alicyclic amines) is 1. The molecule has 5 fully saturated rings. The fourth-order valence-corrected chi connectivity index (χ4v) is 8.45. The van der Waals surface area contributed by atoms with Crippen molar-refractivity contribution < 1.29 is 9.53 Å². The average molecular weight is 577 g/mol. The Kier molecular flexibility index (Phi) is 5.45. The standard InChI is InChI=1S/C30H37ClN8O2/c1-3-21(40)37-14-29(15-37)10-18(11-29)39-27-24(23-22(26(33)34-27)20(32)9-17(2)25(23)31)28(35-39)38-8-7-36(19-12-41-13-19)16-30(38)5-4-6-30/h3,9,18-19H,1,4-8,10-16,32H2,2H3,(H2,33,34). The summed E-state index contributed by atoms with van der Waals surface area (Å²) in [5.74, 6) is 1.34. The molecule has 1 amide bonds. The summed E-state index contributed by atoms with van der Waals surface area (Å²) in [4.78, 5) is 24.1. The van der Waals surface area contributed by atoms with Gasteiger partial charge in [0.15, 0.2) is 11.5 Å². The molecule has 0 atom stereocenters. The molecular weight excluding hydrogens is 540 g/mol. The van der Waals surface area contributed by atoms with E-state index in [2.05, 4.69) is 21.1 Å². The SMILES string of the molecule is C=CC(=O)N1CC2(CC(n3nc(N4CCN(C5COC5)CC45CCC5)c4c5c(Cl)c(C)cc(N)c5c(N)nc43)C2)C1. The third-order valence-electron chi connectivity index (χ3n) is 10.7. The van der Waals surface area contributed by atoms with E-state index in [-0.39, 0.29) is 22.9 Å². The number of benzene rings is 1. The number of carbonyl (C=O) groups excluding carboxylic acids is 1. The van der Waals surface area contributed by atoms with E-state index in [1.54, 1.807) is 0 Å². The number of nitrogens with zero attached hydrogens (tertiary/aromatic N) is 6. The van der Waals surface area contributed by atoms with Gasteiger partial charge in [0.25, 0.3) is 0 Å². The third kappa shape index (κ3) is 3.53. The zero-order valence-corrected chi connectivity index (χ0v) is 24.3. The van der Waals surface area contributed by atoms with Gasteiger partial charge < -0.3 is 26.0 Å². The largest absolute Gasteiger partial charge is 0.398 e. The maximum absolute atomic E-state index is 12.1. The van der Waals surface area contributed by atoms with Crippen LogP contribution in [0.3, 0.4) is 0 Å². The lowest BCUT2D eigenvalue weighted by Crippen LogP contribution is -2.69. The zero-order valence-electron chi connectivity index (χ0n) is 23.5. The molecule has 10 nitrogen and oxygen atoms in total. The fourth-order valence-electron chi connectivity index (χ4n) is 8.21. The van der Waals surface area contributed by atoms with Gasteiger partial charge in [-0.3, -0.25) is 9.69 Å². The molecule has 2 aromatic heterocycles. The Labute approximate surface area is 244 Å². The lowest BCUT2D eigenvalue weighted by molar-refractivity contribution is -0.148. The van der Waals surface area contributed by atoms with Crippen molar-refractivity contribution in [3.63, 3.8) is 0 Å². The number of aryl methyl sites for hydroxylation is 1. The number of carbonyl (C=O) groups is 1. The van der Waals surface area contributed by atoms with E-state index in [9.17, 15) is 4.79 Å². The average Bonchev–Trinajstić information content (AvgIpc) is 3.21. The molecule has 11 heteroatoms. The number of fused-ring (bicyclic) bond motifs is 3. The number of amides is 1. The molecular formula is C30H37ClN8O2. The summed E-state index contributed by atoms with van der Waals surface area (Å²) in [6.45, 7) is 11.7. The van der Waals surface area contributed by atoms with Gasteiger partial charge in [-0.25, -0.2) is 9.67 Å². The Bertz CT molecular complexity index is 1610. The summed E-state index contributed by atoms with van der Waals surface area (Å²) in [7, 11) is 0. The van der Waals surface area contributed by atoms with Crippen molar-refractivity contribution in [1.82, 2.24) is 24.6 Å². The normalized spacial score (nSPS) is 24.0. The number of pyridine rings is 1. The molecule has 2 saturated carbocycles. The number of nitrogen functional groups attached to an aromatic ring is 2. The van der Waals surface area contributed by atoms with E-state index in [0.29, 0.717) is 28.0 Å². The van der Waals surface area contributed by atoms with Crippen LogP contribution in [0.15, 0.2) is 18.7 Å². The van der Waals surface area contributed by atoms with Crippen LogP contribution in [-0.4, -0.2) is 88.0 Å². The van der Waals surface area contributed by atoms with Crippen LogP contribution in [0, 0.1) is 12.3 Å². The second kappa shape index (κ2) is 8.72. The molecule has 3 aliphatic heterocycles. The van der Waals surface area contributed by atoms with E-state index in [0.717, 1.165) is 99.4 Å². The van der Waals surface area contributed by atoms with Crippen LogP contribution in [0.5, 0.6) is 0 Å². The topological polar surface area (TPSA) is 119 Å². The van der Waals surface area contributed by atoms with Gasteiger partial charge in [-0.15, -0.1) is 0 Å². The van der Waals surface area contributed by atoms with Gasteiger partial charge in [0, 0.05) is 54.6 Å². The summed E-state index contributed by atoms with van der Waals surface area (Å²) in [6, 6.07) is 2.58. The van der Waals surface area contributed by atoms with Gasteiger partial charge >= 0.3 is 0 Å². The van der Waals surface area contributed by atoms with Crippen LogP contribution in [0.4, 0.5) is 17.3 Å². The molecule has 8 rings (SSSR count). The number of hydrogen-bond donors (Lipinski definition) is 2. The molecule has 0 unspecified atom stereocenters. The number of halogens is 1. The minimum atomic E-state index is 0.00723. The second-order valence-corrected chi connectivity index (χ2v) is 13.5. The highest BCUT2D eigenvalue weighted by atomic mass is 35.5. The predicted octanol–water partition coefficient (Wildman–Crippen LogP) is 3.50. The minimum Gasteiger partial charge on any atom is -0.398 e. The first-order chi connectivity index (χ1) is 19.7. The molecule has 0 bridgehead atoms. The molecule has 3 saturated heterocycles. The highest BCUT2D eigenvalue weighted by Crippen LogP contribution is 2.56. The van der Waals surface area contributed by atoms with E-state index in [1.807, 2.05) is 17.9 Å². The first-order valence-electron chi connectivity index (χ1n) is 14.8. The summed E-state index contributed by atoms with van der Waals surface area (Å²) >= 11 is 7.08. The number of anilines is 3. The summed E-state index contributed by atoms with van der Waals surface area (Å²) in [5, 5.41) is 8.57. The van der Waals surface area contributed by atoms with Crippen molar-refractivity contribution in [1.29, 1.82) is 0 Å². The summed E-state index contributed by atoms with van der Waals surface area (Å²) < 4.78 is 7.64. The van der Waals surface area contributed by atoms with E-state index in [1.165, 1.54) is 12.5 Å². The Morgan fingerprint density at radius 1 is 1.12 bits per heavy atom. The van der Waals surface area contributed by atoms with Crippen LogP contribution < -0.4 is 16.4 Å². The Morgan fingerprint density at radius 3 is 2.51 bits per heavy atom. The fraction of sp³-hybridized carbons (Fsp3) is 0.567. The smallest absolute Gasteiger partial charge is 0.245 e. The molecule has 2 spiro atoms. The monoisotopic (exact) mass is 576 g/mol. The molecule has 4 N–H and O–H groups in total. The molecule has 3 aromatic rings. The number of aromatic nitrogens is 3. The second-order valence-electron chi connectivity index (χ2n) is 13.2. The van der Waals surface area contributed by atoms with Crippen molar-refractivity contribution in [3.8, 4) is 0 Å². The maximum atomic E-state index is 12.1.